The van der Waals surface area contributed by atoms with E-state index >= 15 is 0 Å². The Morgan fingerprint density at radius 3 is 2.88 bits per heavy atom. The van der Waals surface area contributed by atoms with E-state index in [4.69, 9.17) is 0 Å². The number of carbonyl (C=O) groups is 1. The van der Waals surface area contributed by atoms with Gasteiger partial charge in [-0.15, -0.1) is 0 Å². The van der Waals surface area contributed by atoms with Crippen LogP contribution in [0.3, 0.4) is 0 Å². The molecule has 16 heavy (non-hydrogen) atoms. The van der Waals surface area contributed by atoms with Gasteiger partial charge in [0.05, 0.1) is 0 Å². The molecule has 0 aromatic carbocycles. The molecule has 3 heteroatoms. The summed E-state index contributed by atoms with van der Waals surface area (Å²) >= 11 is 0. The van der Waals surface area contributed by atoms with Gasteiger partial charge in [0.2, 0.25) is 0 Å². The fourth-order valence-electron chi connectivity index (χ4n) is 3.11. The number of rotatable bonds is 3. The van der Waals surface area contributed by atoms with Gasteiger partial charge in [0.25, 0.3) is 0 Å². The number of ketones is 1. The quantitative estimate of drug-likeness (QED) is 0.723. The summed E-state index contributed by atoms with van der Waals surface area (Å²) in [5.74, 6) is 1.28. The summed E-state index contributed by atoms with van der Waals surface area (Å²) in [7, 11) is 4.39. The van der Waals surface area contributed by atoms with Crippen molar-refractivity contribution in [2.75, 3.05) is 33.7 Å². The average molecular weight is 224 g/mol. The molecule has 1 heterocycles. The Hall–Kier alpha value is -0.410. The van der Waals surface area contributed by atoms with Crippen LogP contribution in [0.1, 0.15) is 32.1 Å². The summed E-state index contributed by atoms with van der Waals surface area (Å²) in [5.41, 5.74) is 0. The molecule has 92 valence electrons. The molecular weight excluding hydrogens is 200 g/mol. The fraction of sp³-hybridized carbons (Fsp3) is 0.923. The van der Waals surface area contributed by atoms with Crippen molar-refractivity contribution in [3.8, 4) is 0 Å². The third-order valence-electron chi connectivity index (χ3n) is 4.11. The number of carbonyl (C=O) groups excluding carboxylic acids is 1. The van der Waals surface area contributed by atoms with E-state index in [1.807, 2.05) is 0 Å². The molecule has 1 aliphatic carbocycles. The molecule has 0 aromatic heterocycles. The minimum Gasteiger partial charge on any atom is -0.306 e. The highest BCUT2D eigenvalue weighted by molar-refractivity contribution is 5.79. The van der Waals surface area contributed by atoms with E-state index in [9.17, 15) is 4.79 Å². The second kappa shape index (κ2) is 5.28. The first-order chi connectivity index (χ1) is 7.65. The zero-order chi connectivity index (χ0) is 11.5. The standard InChI is InChI=1S/C13H24N2O/c1-14-7-6-11(9-14)10-15(2)12-4-3-5-13(16)8-12/h11-12H,3-10H2,1-2H3. The minimum absolute atomic E-state index is 0.464. The Morgan fingerprint density at radius 2 is 2.25 bits per heavy atom. The zero-order valence-corrected chi connectivity index (χ0v) is 10.6. The lowest BCUT2D eigenvalue weighted by atomic mass is 9.92. The molecule has 2 unspecified atom stereocenters. The van der Waals surface area contributed by atoms with E-state index in [-0.39, 0.29) is 0 Å². The first-order valence-electron chi connectivity index (χ1n) is 6.55. The van der Waals surface area contributed by atoms with Gasteiger partial charge in [0.15, 0.2) is 0 Å². The van der Waals surface area contributed by atoms with Gasteiger partial charge in [0.1, 0.15) is 5.78 Å². The van der Waals surface area contributed by atoms with Crippen LogP contribution in [0.2, 0.25) is 0 Å². The van der Waals surface area contributed by atoms with Gasteiger partial charge in [-0.05, 0) is 45.8 Å². The molecule has 0 N–H and O–H groups in total. The van der Waals surface area contributed by atoms with Crippen LogP contribution in [0.25, 0.3) is 0 Å². The van der Waals surface area contributed by atoms with Gasteiger partial charge in [-0.2, -0.15) is 0 Å². The maximum absolute atomic E-state index is 11.4. The van der Waals surface area contributed by atoms with Gasteiger partial charge in [-0.1, -0.05) is 0 Å². The smallest absolute Gasteiger partial charge is 0.134 e. The number of nitrogens with zero attached hydrogens (tertiary/aromatic N) is 2. The highest BCUT2D eigenvalue weighted by Crippen LogP contribution is 2.22. The van der Waals surface area contributed by atoms with Crippen molar-refractivity contribution in [1.82, 2.24) is 9.80 Å². The van der Waals surface area contributed by atoms with Crippen molar-refractivity contribution in [2.45, 2.75) is 38.1 Å². The van der Waals surface area contributed by atoms with Crippen LogP contribution < -0.4 is 0 Å². The Balaban J connectivity index is 1.78. The molecule has 2 rings (SSSR count). The second-order valence-electron chi connectivity index (χ2n) is 5.65. The lowest BCUT2D eigenvalue weighted by Crippen LogP contribution is -2.39. The van der Waals surface area contributed by atoms with Gasteiger partial charge in [0, 0.05) is 32.0 Å². The summed E-state index contributed by atoms with van der Waals surface area (Å²) in [5, 5.41) is 0. The predicted octanol–water partition coefficient (Wildman–Crippen LogP) is 1.38. The normalized spacial score (nSPS) is 32.6. The Bertz CT molecular complexity index is 254. The third-order valence-corrected chi connectivity index (χ3v) is 4.11. The lowest BCUT2D eigenvalue weighted by Gasteiger charge is -2.32. The van der Waals surface area contributed by atoms with E-state index in [0.29, 0.717) is 11.8 Å². The molecule has 3 nitrogen and oxygen atoms in total. The SMILES string of the molecule is CN1CCC(CN(C)C2CCCC(=O)C2)C1. The van der Waals surface area contributed by atoms with E-state index in [1.54, 1.807) is 0 Å². The largest absolute Gasteiger partial charge is 0.306 e. The van der Waals surface area contributed by atoms with Crippen molar-refractivity contribution in [2.24, 2.45) is 5.92 Å². The first-order valence-corrected chi connectivity index (χ1v) is 6.55. The van der Waals surface area contributed by atoms with Crippen molar-refractivity contribution in [3.05, 3.63) is 0 Å². The highest BCUT2D eigenvalue weighted by atomic mass is 16.1. The maximum Gasteiger partial charge on any atom is 0.134 e. The van der Waals surface area contributed by atoms with Crippen molar-refractivity contribution in [1.29, 1.82) is 0 Å². The second-order valence-corrected chi connectivity index (χ2v) is 5.65. The highest BCUT2D eigenvalue weighted by Gasteiger charge is 2.26. The van der Waals surface area contributed by atoms with Crippen molar-refractivity contribution in [3.63, 3.8) is 0 Å². The number of hydrogen-bond acceptors (Lipinski definition) is 3. The Labute approximate surface area is 98.8 Å². The van der Waals surface area contributed by atoms with Crippen LogP contribution in [-0.2, 0) is 4.79 Å². The third kappa shape index (κ3) is 3.05. The molecule has 0 amide bonds. The van der Waals surface area contributed by atoms with Crippen molar-refractivity contribution < 1.29 is 4.79 Å². The van der Waals surface area contributed by atoms with Crippen LogP contribution in [0.4, 0.5) is 0 Å². The summed E-state index contributed by atoms with van der Waals surface area (Å²) in [4.78, 5) is 16.3. The van der Waals surface area contributed by atoms with Crippen molar-refractivity contribution >= 4 is 5.78 Å². The minimum atomic E-state index is 0.464. The average Bonchev–Trinajstić information content (AvgIpc) is 2.64. The van der Waals surface area contributed by atoms with Crippen LogP contribution in [0.15, 0.2) is 0 Å². The topological polar surface area (TPSA) is 23.6 Å². The number of likely N-dealkylation sites (tertiary alicyclic amines) is 1. The van der Waals surface area contributed by atoms with Gasteiger partial charge in [-0.25, -0.2) is 0 Å². The van der Waals surface area contributed by atoms with Gasteiger partial charge < -0.3 is 9.80 Å². The molecule has 1 saturated heterocycles. The summed E-state index contributed by atoms with van der Waals surface area (Å²) in [6.45, 7) is 3.63. The van der Waals surface area contributed by atoms with Gasteiger partial charge in [-0.3, -0.25) is 4.79 Å². The molecule has 2 atom stereocenters. The molecule has 2 fully saturated rings. The maximum atomic E-state index is 11.4. The first kappa shape index (κ1) is 12.1. The summed E-state index contributed by atoms with van der Waals surface area (Å²) < 4.78 is 0. The van der Waals surface area contributed by atoms with Crippen LogP contribution in [0.5, 0.6) is 0 Å². The van der Waals surface area contributed by atoms with Crippen LogP contribution in [0, 0.1) is 5.92 Å². The number of Topliss-reactive ketones (excluding diaryl/α,β-unsaturated/α-hetero) is 1. The summed E-state index contributed by atoms with van der Waals surface area (Å²) in [6, 6.07) is 0.521. The van der Waals surface area contributed by atoms with Crippen LogP contribution >= 0.6 is 0 Å². The van der Waals surface area contributed by atoms with E-state index in [2.05, 4.69) is 23.9 Å². The molecule has 2 aliphatic rings. The molecule has 1 saturated carbocycles. The fourth-order valence-corrected chi connectivity index (χ4v) is 3.11. The van der Waals surface area contributed by atoms with E-state index in [0.717, 1.165) is 25.2 Å². The lowest BCUT2D eigenvalue weighted by molar-refractivity contribution is -0.121. The van der Waals surface area contributed by atoms with E-state index in [1.165, 1.54) is 32.5 Å². The molecule has 0 bridgehead atoms. The molecule has 0 aromatic rings. The van der Waals surface area contributed by atoms with Gasteiger partial charge >= 0.3 is 0 Å². The zero-order valence-electron chi connectivity index (χ0n) is 10.6. The Morgan fingerprint density at radius 1 is 1.44 bits per heavy atom. The molecular formula is C13H24N2O. The molecule has 0 radical (unpaired) electrons. The van der Waals surface area contributed by atoms with Crippen LogP contribution in [-0.4, -0.2) is 55.4 Å². The monoisotopic (exact) mass is 224 g/mol. The Kier molecular flexibility index (Phi) is 3.98. The molecule has 1 aliphatic heterocycles. The summed E-state index contributed by atoms with van der Waals surface area (Å²) in [6.07, 6.45) is 5.24. The number of hydrogen-bond donors (Lipinski definition) is 0. The van der Waals surface area contributed by atoms with E-state index < -0.39 is 0 Å². The molecule has 0 spiro atoms. The predicted molar refractivity (Wildman–Crippen MR) is 65.5 cm³/mol.